The lowest BCUT2D eigenvalue weighted by Crippen LogP contribution is -2.48. The van der Waals surface area contributed by atoms with Crippen LogP contribution >= 0.6 is 35.8 Å². The number of hydrogen-bond donors (Lipinski definition) is 4. The van der Waals surface area contributed by atoms with E-state index in [4.69, 9.17) is 16.3 Å². The Morgan fingerprint density at radius 3 is 2.22 bits per heavy atom. The molecule has 2 heterocycles. The van der Waals surface area contributed by atoms with Crippen LogP contribution < -0.4 is 14.9 Å². The predicted molar refractivity (Wildman–Crippen MR) is 257 cm³/mol. The highest BCUT2D eigenvalue weighted by atomic mass is 35.5. The molecule has 0 saturated carbocycles. The molecule has 2 saturated heterocycles. The molecule has 3 atom stereocenters. The van der Waals surface area contributed by atoms with E-state index in [1.54, 1.807) is 12.1 Å². The average molecular weight is 1020 g/mol. The molecule has 0 aliphatic carbocycles. The largest absolute Gasteiger partial charge is 0.501 e. The van der Waals surface area contributed by atoms with E-state index in [0.29, 0.717) is 75.5 Å². The van der Waals surface area contributed by atoms with Gasteiger partial charge in [-0.15, -0.1) is 24.2 Å². The number of amides is 1. The zero-order valence-corrected chi connectivity index (χ0v) is 40.0. The van der Waals surface area contributed by atoms with E-state index in [0.717, 1.165) is 39.4 Å². The number of benzene rings is 5. The van der Waals surface area contributed by atoms with Crippen LogP contribution in [-0.2, 0) is 24.6 Å². The van der Waals surface area contributed by atoms with Crippen molar-refractivity contribution < 1.29 is 49.8 Å². The monoisotopic (exact) mass is 1020 g/mol. The van der Waals surface area contributed by atoms with E-state index < -0.39 is 58.9 Å². The maximum absolute atomic E-state index is 14.2. The van der Waals surface area contributed by atoms with Gasteiger partial charge < -0.3 is 25.2 Å². The second-order valence-corrected chi connectivity index (χ2v) is 21.3. The average Bonchev–Trinajstić information content (AvgIpc) is 3.32. The number of sulfone groups is 1. The van der Waals surface area contributed by atoms with E-state index in [1.807, 2.05) is 88.5 Å². The van der Waals surface area contributed by atoms with Gasteiger partial charge in [-0.1, -0.05) is 66.2 Å². The molecule has 4 N–H and O–H groups in total. The summed E-state index contributed by atoms with van der Waals surface area (Å²) in [4.78, 5) is 16.1. The number of anilines is 2. The van der Waals surface area contributed by atoms with Crippen molar-refractivity contribution in [2.45, 2.75) is 57.6 Å². The summed E-state index contributed by atoms with van der Waals surface area (Å²) in [5, 5.41) is 24.9. The smallest absolute Gasteiger partial charge is 0.395 e. The quantitative estimate of drug-likeness (QED) is 0.0658. The summed E-state index contributed by atoms with van der Waals surface area (Å²) in [7, 11) is -11.0. The van der Waals surface area contributed by atoms with Gasteiger partial charge >= 0.3 is 5.51 Å². The van der Waals surface area contributed by atoms with Crippen molar-refractivity contribution in [3.63, 3.8) is 0 Å². The molecule has 2 aliphatic heterocycles. The van der Waals surface area contributed by atoms with Gasteiger partial charge in [0.15, 0.2) is 0 Å². The van der Waals surface area contributed by atoms with E-state index in [2.05, 4.69) is 10.2 Å². The number of aliphatic hydroxyl groups is 2. The molecule has 0 spiro atoms. The van der Waals surface area contributed by atoms with Crippen LogP contribution in [-0.4, -0.2) is 107 Å². The van der Waals surface area contributed by atoms with Gasteiger partial charge in [0.2, 0.25) is 0 Å². The van der Waals surface area contributed by atoms with Gasteiger partial charge in [-0.05, 0) is 109 Å². The minimum absolute atomic E-state index is 0. The van der Waals surface area contributed by atoms with Gasteiger partial charge in [0.25, 0.3) is 25.8 Å². The maximum Gasteiger partial charge on any atom is 0.501 e. The number of piperidine rings is 1. The van der Waals surface area contributed by atoms with Crippen LogP contribution in [0.25, 0.3) is 11.1 Å². The number of aliphatic hydroxyl groups excluding tert-OH is 2. The predicted octanol–water partition coefficient (Wildman–Crippen LogP) is 8.45. The van der Waals surface area contributed by atoms with Gasteiger partial charge in [-0.3, -0.25) is 9.69 Å². The normalized spacial score (nSPS) is 17.3. The first-order valence-electron chi connectivity index (χ1n) is 21.3. The van der Waals surface area contributed by atoms with Crippen molar-refractivity contribution in [2.75, 3.05) is 62.0 Å². The number of hydrogen-bond acceptors (Lipinski definition) is 12. The Bertz CT molecular complexity index is 2660. The lowest BCUT2D eigenvalue weighted by atomic mass is 9.84. The first kappa shape index (κ1) is 52.0. The van der Waals surface area contributed by atoms with Gasteiger partial charge in [-0.2, -0.15) is 13.2 Å². The summed E-state index contributed by atoms with van der Waals surface area (Å²) in [6, 6.07) is 31.9. The maximum atomic E-state index is 14.2. The Labute approximate surface area is 404 Å². The number of sulfonamides is 1. The van der Waals surface area contributed by atoms with E-state index in [1.165, 1.54) is 23.9 Å². The van der Waals surface area contributed by atoms with Crippen molar-refractivity contribution in [3.05, 3.63) is 137 Å². The third kappa shape index (κ3) is 12.8. The third-order valence-electron chi connectivity index (χ3n) is 11.9. The standard InChI is InChI=1S/C47H50ClF3N4O8S3.ClH/c48-35-14-10-32(11-15-35)41-8-4-5-9-42(41)45(57)33-20-23-54(24-21-33)37-16-12-34(13-17-37)46(58)53-66(61,62)40-18-19-43(44(28-40)65(59,60)47(49,50)51)52-36(31-64-39-6-2-1-3-7-39)22-25-55-26-27-63-30-38(55)29-56;/h1-19,28,33,36,38,45,52,56-57H,20-27,29-31H2,(H,53,58);1H/t36-,38+,45-;/m1./s1. The van der Waals surface area contributed by atoms with Crippen LogP contribution in [0, 0.1) is 5.92 Å². The Morgan fingerprint density at radius 2 is 1.55 bits per heavy atom. The number of thioether (sulfide) groups is 1. The fourth-order valence-electron chi connectivity index (χ4n) is 8.18. The molecule has 0 aromatic heterocycles. The van der Waals surface area contributed by atoms with Crippen molar-refractivity contribution >= 4 is 72.9 Å². The summed E-state index contributed by atoms with van der Waals surface area (Å²) in [5.74, 6) is -0.810. The highest BCUT2D eigenvalue weighted by Gasteiger charge is 2.48. The number of ether oxygens (including phenoxy) is 1. The number of carbonyl (C=O) groups is 1. The zero-order chi connectivity index (χ0) is 47.1. The van der Waals surface area contributed by atoms with Gasteiger partial charge in [0.05, 0.1) is 42.5 Å². The van der Waals surface area contributed by atoms with Crippen LogP contribution in [0.4, 0.5) is 24.5 Å². The number of halogens is 5. The number of carbonyl (C=O) groups excluding carboxylic acids is 1. The molecule has 5 aromatic rings. The van der Waals surface area contributed by atoms with Crippen molar-refractivity contribution in [1.82, 2.24) is 9.62 Å². The number of alkyl halides is 3. The minimum atomic E-state index is -6.11. The Hall–Kier alpha value is -4.37. The van der Waals surface area contributed by atoms with E-state index >= 15 is 0 Å². The topological polar surface area (TPSA) is 166 Å². The molecule has 12 nitrogen and oxygen atoms in total. The highest BCUT2D eigenvalue weighted by Crippen LogP contribution is 2.39. The number of morpholine rings is 1. The van der Waals surface area contributed by atoms with Gasteiger partial charge in [0, 0.05) is 59.1 Å². The molecule has 5 aromatic carbocycles. The zero-order valence-electron chi connectivity index (χ0n) is 36.0. The molecule has 20 heteroatoms. The molecule has 0 unspecified atom stereocenters. The summed E-state index contributed by atoms with van der Waals surface area (Å²) < 4.78 is 103. The lowest BCUT2D eigenvalue weighted by molar-refractivity contribution is -0.0435. The van der Waals surface area contributed by atoms with E-state index in [-0.39, 0.29) is 36.5 Å². The summed E-state index contributed by atoms with van der Waals surface area (Å²) in [6.45, 7) is 2.66. The van der Waals surface area contributed by atoms with Crippen LogP contribution in [0.15, 0.2) is 136 Å². The number of nitrogens with one attached hydrogen (secondary N) is 2. The molecule has 7 rings (SSSR count). The molecule has 67 heavy (non-hydrogen) atoms. The van der Waals surface area contributed by atoms with Crippen molar-refractivity contribution in [3.8, 4) is 11.1 Å². The van der Waals surface area contributed by atoms with Crippen LogP contribution in [0.5, 0.6) is 0 Å². The second kappa shape index (κ2) is 22.8. The lowest BCUT2D eigenvalue weighted by Gasteiger charge is -2.36. The fourth-order valence-corrected chi connectivity index (χ4v) is 11.3. The SMILES string of the molecule is Cl.O=C(NS(=O)(=O)c1ccc(N[C@H](CCN2CCOC[C@@H]2CO)CSc2ccccc2)c(S(=O)(=O)C(F)(F)F)c1)c1ccc(N2CCC([C@@H](O)c3ccccc3-c3ccc(Cl)cc3)CC2)cc1. The van der Waals surface area contributed by atoms with Crippen LogP contribution in [0.3, 0.4) is 0 Å². The molecular weight excluding hydrogens is 973 g/mol. The summed E-state index contributed by atoms with van der Waals surface area (Å²) in [6.07, 6.45) is 0.948. The third-order valence-corrected chi connectivity index (χ3v) is 16.2. The number of rotatable bonds is 17. The van der Waals surface area contributed by atoms with Gasteiger partial charge in [-0.25, -0.2) is 21.6 Å². The van der Waals surface area contributed by atoms with Gasteiger partial charge in [0.1, 0.15) is 4.90 Å². The molecule has 0 bridgehead atoms. The molecule has 2 fully saturated rings. The molecule has 0 radical (unpaired) electrons. The first-order valence-corrected chi connectivity index (χ1v) is 25.6. The molecular formula is C47H51Cl2F3N4O8S3. The molecule has 1 amide bonds. The van der Waals surface area contributed by atoms with Crippen molar-refractivity contribution in [1.29, 1.82) is 0 Å². The summed E-state index contributed by atoms with van der Waals surface area (Å²) >= 11 is 7.49. The Kier molecular flexibility index (Phi) is 17.7. The van der Waals surface area contributed by atoms with Crippen LogP contribution in [0.1, 0.15) is 41.3 Å². The van der Waals surface area contributed by atoms with Crippen molar-refractivity contribution in [2.24, 2.45) is 5.92 Å². The molecule has 360 valence electrons. The fraction of sp³-hybridized carbons (Fsp3) is 0.340. The highest BCUT2D eigenvalue weighted by molar-refractivity contribution is 7.99. The summed E-state index contributed by atoms with van der Waals surface area (Å²) in [5.41, 5.74) is -2.86. The number of nitrogens with zero attached hydrogens (tertiary/aromatic N) is 2. The van der Waals surface area contributed by atoms with E-state index in [9.17, 15) is 45.0 Å². The minimum Gasteiger partial charge on any atom is -0.395 e. The van der Waals surface area contributed by atoms with Crippen LogP contribution in [0.2, 0.25) is 5.02 Å². The first-order chi connectivity index (χ1) is 31.5. The molecule has 2 aliphatic rings. The Morgan fingerprint density at radius 1 is 0.881 bits per heavy atom. The second-order valence-electron chi connectivity index (χ2n) is 16.2. The Balaban J connectivity index is 0.00000741.